The fourth-order valence-electron chi connectivity index (χ4n) is 10.5. The Balaban J connectivity index is 0.000000218. The highest BCUT2D eigenvalue weighted by atomic mass is 127. The highest BCUT2D eigenvalue weighted by molar-refractivity contribution is 14.1. The molecule has 11 fully saturated rings. The largest absolute Gasteiger partial charge is 0.462 e. The van der Waals surface area contributed by atoms with E-state index in [1.807, 2.05) is 60.0 Å². The lowest BCUT2D eigenvalue weighted by molar-refractivity contribution is -0.139. The van der Waals surface area contributed by atoms with Gasteiger partial charge in [0, 0.05) is 144 Å². The Morgan fingerprint density at radius 1 is 0.595 bits per heavy atom. The zero-order valence-corrected chi connectivity index (χ0v) is 53.8. The zero-order chi connectivity index (χ0) is 58.3. The van der Waals surface area contributed by atoms with Crippen molar-refractivity contribution in [3.8, 4) is 23.8 Å². The predicted molar refractivity (Wildman–Crippen MR) is 359 cm³/mol. The van der Waals surface area contributed by atoms with Gasteiger partial charge in [-0.2, -0.15) is 4.39 Å². The van der Waals surface area contributed by atoms with Gasteiger partial charge in [0.15, 0.2) is 0 Å². The summed E-state index contributed by atoms with van der Waals surface area (Å²) in [5, 5.41) is 13.6. The lowest BCUT2D eigenvalue weighted by Gasteiger charge is -2.59. The third-order valence-electron chi connectivity index (χ3n) is 14.6. The van der Waals surface area contributed by atoms with Crippen LogP contribution in [0.2, 0.25) is 19.6 Å². The molecule has 0 aromatic carbocycles. The van der Waals surface area contributed by atoms with Crippen LogP contribution < -0.4 is 36.0 Å². The van der Waals surface area contributed by atoms with E-state index in [0.29, 0.717) is 55.2 Å². The maximum atomic E-state index is 12.0. The molecule has 15 heterocycles. The maximum Gasteiger partial charge on any atom is 0.293 e. The normalized spacial score (nSPS) is 24.2. The number of anilines is 3. The summed E-state index contributed by atoms with van der Waals surface area (Å²) in [5.74, 6) is 8.78. The SMILES string of the molecule is C.C.C.C#Cc1ccc(N2C3CC2CN(C2COC2)C3)nc1.C1NCC2CC1N2.CC(C)(C)OC=O.CC(C)(C)OC=O.C[Si](C)(C)C#Cc1ccc(N2C3CNCC2C3)nc1.Fc1ccc(I)cn1.Ic1ccc(N2C3CNCC2C3)nc1. The molecule has 21 heteroatoms. The van der Waals surface area contributed by atoms with Gasteiger partial charge in [0.25, 0.3) is 12.9 Å². The van der Waals surface area contributed by atoms with Crippen LogP contribution in [0.15, 0.2) is 73.3 Å². The minimum atomic E-state index is -1.30. The van der Waals surface area contributed by atoms with Crippen molar-refractivity contribution in [1.29, 1.82) is 0 Å². The second kappa shape index (κ2) is 33.5. The van der Waals surface area contributed by atoms with Crippen LogP contribution in [-0.4, -0.2) is 177 Å². The van der Waals surface area contributed by atoms with E-state index >= 15 is 0 Å². The van der Waals surface area contributed by atoms with E-state index in [4.69, 9.17) is 11.2 Å². The Hall–Kier alpha value is -4.57. The van der Waals surface area contributed by atoms with Crippen LogP contribution in [0.3, 0.4) is 0 Å². The standard InChI is InChI=1S/C15H17N3O.C15H21N3Si.C10H12IN3.C5H3FIN.C5H10N2.2C5H10O2.3CH4/c1-2-11-3-4-15(16-6-11)18-12-5-13(18)8-17(7-12)14-9-19-10-14;1-19(2,3)7-6-12-4-5-15(17-9-12)18-13-8-14(18)11-16-10-13;11-7-1-2-10(13-4-7)14-8-3-9(14)6-12-5-8;6-5-2-1-4(7)3-8-5;1-4-2-6-3-5(1)7-4;2*1-5(2,3)7-4-6;;;/h1,3-4,6,12-14H,5,7-10H2;4-5,9,13-14,16H,8,10-11H2,1-3H3;1-2,4,8-9,12H,3,5-6H2;1-3H;4-7H,1-3H2;2*4H,1-3H3;3*1H4. The van der Waals surface area contributed by atoms with Crippen LogP contribution in [-0.2, 0) is 23.8 Å². The summed E-state index contributed by atoms with van der Waals surface area (Å²) in [7, 11) is -1.30. The molecule has 15 rings (SSSR count). The number of fused-ring (bicyclic) bond motifs is 8. The van der Waals surface area contributed by atoms with Gasteiger partial charge in [0.05, 0.1) is 19.3 Å². The van der Waals surface area contributed by atoms with Crippen LogP contribution in [0.1, 0.15) is 101 Å². The van der Waals surface area contributed by atoms with Crippen molar-refractivity contribution in [2.75, 3.05) is 80.3 Å². The second-order valence-corrected chi connectivity index (χ2v) is 31.8. The van der Waals surface area contributed by atoms with Gasteiger partial charge in [0.2, 0.25) is 5.95 Å². The Labute approximate surface area is 530 Å². The summed E-state index contributed by atoms with van der Waals surface area (Å²) in [6, 6.07) is 21.7. The molecule has 0 saturated carbocycles. The first-order valence-electron chi connectivity index (χ1n) is 28.2. The lowest BCUT2D eigenvalue weighted by Crippen LogP contribution is -2.72. The van der Waals surface area contributed by atoms with Gasteiger partial charge in [-0.05, 0) is 161 Å². The number of halogens is 3. The van der Waals surface area contributed by atoms with Gasteiger partial charge in [-0.3, -0.25) is 14.5 Å². The Kier molecular flexibility index (Phi) is 28.7. The number of carbonyl (C=O) groups excluding carboxylic acids is 2. The number of nitrogens with one attached hydrogen (secondary N) is 4. The van der Waals surface area contributed by atoms with E-state index in [9.17, 15) is 14.0 Å². The topological polar surface area (TPSA) is 174 Å². The Bertz CT molecular complexity index is 2610. The molecule has 4 N–H and O–H groups in total. The van der Waals surface area contributed by atoms with Gasteiger partial charge in [-0.15, -0.1) is 12.0 Å². The number of nitrogens with zero attached hydrogens (tertiary/aromatic N) is 8. The highest BCUT2D eigenvalue weighted by Crippen LogP contribution is 2.38. The number of ether oxygens (including phenoxy) is 3. The lowest BCUT2D eigenvalue weighted by atomic mass is 9.86. The van der Waals surface area contributed by atoms with E-state index in [1.165, 1.54) is 54.6 Å². The van der Waals surface area contributed by atoms with Gasteiger partial charge in [0.1, 0.15) is 36.7 Å². The van der Waals surface area contributed by atoms with E-state index < -0.39 is 14.0 Å². The molecule has 11 aliphatic rings. The molecule has 462 valence electrons. The fourth-order valence-corrected chi connectivity index (χ4v) is 11.6. The third-order valence-corrected chi connectivity index (χ3v) is 16.8. The molecule has 17 nitrogen and oxygen atoms in total. The summed E-state index contributed by atoms with van der Waals surface area (Å²) < 4.78 is 28.5. The average Bonchev–Trinajstić information content (AvgIpc) is 3.61. The van der Waals surface area contributed by atoms with Crippen LogP contribution in [0.25, 0.3) is 0 Å². The zero-order valence-electron chi connectivity index (χ0n) is 48.5. The van der Waals surface area contributed by atoms with Gasteiger partial charge >= 0.3 is 0 Å². The van der Waals surface area contributed by atoms with Gasteiger partial charge < -0.3 is 50.2 Å². The maximum absolute atomic E-state index is 12.0. The van der Waals surface area contributed by atoms with Crippen LogP contribution in [0, 0.1) is 36.9 Å². The minimum Gasteiger partial charge on any atom is -0.462 e. The molecule has 0 spiro atoms. The molecule has 84 heavy (non-hydrogen) atoms. The first-order chi connectivity index (χ1) is 38.6. The summed E-state index contributed by atoms with van der Waals surface area (Å²) in [4.78, 5) is 46.1. The van der Waals surface area contributed by atoms with Gasteiger partial charge in [-0.1, -0.05) is 53.8 Å². The molecule has 0 radical (unpaired) electrons. The number of rotatable bonds is 6. The second-order valence-electron chi connectivity index (χ2n) is 24.5. The smallest absolute Gasteiger partial charge is 0.293 e. The fraction of sp³-hybridized carbons (Fsp3) is 0.587. The molecule has 4 aromatic heterocycles. The van der Waals surface area contributed by atoms with E-state index in [-0.39, 0.29) is 33.5 Å². The van der Waals surface area contributed by atoms with Crippen molar-refractivity contribution < 1.29 is 28.2 Å². The van der Waals surface area contributed by atoms with E-state index in [0.717, 1.165) is 96.7 Å². The average molecular weight is 1400 g/mol. The van der Waals surface area contributed by atoms with Crippen molar-refractivity contribution in [2.45, 2.75) is 175 Å². The third kappa shape index (κ3) is 22.0. The number of terminal acetylenes is 1. The molecule has 8 unspecified atom stereocenters. The van der Waals surface area contributed by atoms with Crippen LogP contribution >= 0.6 is 45.2 Å². The molecule has 0 aliphatic carbocycles. The Morgan fingerprint density at radius 2 is 1.00 bits per heavy atom. The van der Waals surface area contributed by atoms with Crippen LogP contribution in [0.4, 0.5) is 21.8 Å². The predicted octanol–water partition coefficient (Wildman–Crippen LogP) is 8.79. The van der Waals surface area contributed by atoms with E-state index in [2.05, 4.69) is 183 Å². The molecular formula is C63H95FI2N12O5Si. The molecule has 11 aliphatic heterocycles. The van der Waals surface area contributed by atoms with Gasteiger partial charge in [-0.25, -0.2) is 19.9 Å². The monoisotopic (exact) mass is 1400 g/mol. The molecule has 8 atom stereocenters. The first-order valence-corrected chi connectivity index (χ1v) is 33.8. The number of piperazine rings is 4. The molecule has 0 amide bonds. The number of pyridine rings is 4. The summed E-state index contributed by atoms with van der Waals surface area (Å²) >= 11 is 4.36. The summed E-state index contributed by atoms with van der Waals surface area (Å²) in [6.07, 6.45) is 17.9. The number of hydrogen-bond acceptors (Lipinski definition) is 17. The number of carbonyl (C=O) groups is 2. The van der Waals surface area contributed by atoms with E-state index in [1.54, 1.807) is 12.3 Å². The summed E-state index contributed by atoms with van der Waals surface area (Å²) in [6.45, 7) is 29.5. The first kappa shape index (κ1) is 71.9. The number of aromatic nitrogens is 4. The van der Waals surface area contributed by atoms with Crippen molar-refractivity contribution in [2.24, 2.45) is 0 Å². The molecule has 11 saturated heterocycles. The Morgan fingerprint density at radius 3 is 1.29 bits per heavy atom. The molecule has 8 bridgehead atoms. The molecule has 4 aromatic rings. The quantitative estimate of drug-likeness (QED) is 0.0474. The van der Waals surface area contributed by atoms with Crippen LogP contribution in [0.5, 0.6) is 0 Å². The highest BCUT2D eigenvalue weighted by Gasteiger charge is 2.48. The molecular weight excluding hydrogens is 1310 g/mol. The number of hydrogen-bond donors (Lipinski definition) is 4. The van der Waals surface area contributed by atoms with Crippen molar-refractivity contribution in [3.05, 3.63) is 97.5 Å². The number of piperidine rings is 4. The van der Waals surface area contributed by atoms with Crippen molar-refractivity contribution >= 4 is 83.7 Å². The minimum absolute atomic E-state index is 0. The van der Waals surface area contributed by atoms with Crippen molar-refractivity contribution in [3.63, 3.8) is 0 Å². The summed E-state index contributed by atoms with van der Waals surface area (Å²) in [5.41, 5.74) is 4.63. The van der Waals surface area contributed by atoms with Crippen molar-refractivity contribution in [1.82, 2.24) is 46.1 Å².